The summed E-state index contributed by atoms with van der Waals surface area (Å²) in [5, 5.41) is 23.6. The Hall–Kier alpha value is -4.96. The van der Waals surface area contributed by atoms with Gasteiger partial charge in [0, 0.05) is 34.7 Å². The van der Waals surface area contributed by atoms with Gasteiger partial charge >= 0.3 is 0 Å². The van der Waals surface area contributed by atoms with Crippen molar-refractivity contribution in [3.8, 4) is 22.8 Å². The van der Waals surface area contributed by atoms with E-state index in [2.05, 4.69) is 29.4 Å². The van der Waals surface area contributed by atoms with Gasteiger partial charge in [0.1, 0.15) is 5.75 Å². The van der Waals surface area contributed by atoms with E-state index in [0.717, 1.165) is 16.9 Å². The molecule has 0 saturated heterocycles. The van der Waals surface area contributed by atoms with Crippen LogP contribution in [0, 0.1) is 10.1 Å². The van der Waals surface area contributed by atoms with Gasteiger partial charge in [-0.15, -0.1) is 10.2 Å². The molecule has 0 bridgehead atoms. The summed E-state index contributed by atoms with van der Waals surface area (Å²) in [6.45, 7) is 4.27. The number of carbonyl (C=O) groups excluding carboxylic acids is 1. The zero-order valence-electron chi connectivity index (χ0n) is 23.4. The van der Waals surface area contributed by atoms with Crippen LogP contribution in [-0.4, -0.2) is 32.7 Å². The SMILES string of the molecule is COc1ccccc1-n1c(SCc2ccc(C(=O)Nc3ccc(C(C)C)cc3)cc2)nnc1-c1ccc([N+](=O)[O-])cc1. The first kappa shape index (κ1) is 28.6. The van der Waals surface area contributed by atoms with E-state index < -0.39 is 4.92 Å². The first-order valence-corrected chi connectivity index (χ1v) is 14.3. The Labute approximate surface area is 247 Å². The van der Waals surface area contributed by atoms with Gasteiger partial charge in [0.2, 0.25) is 0 Å². The van der Waals surface area contributed by atoms with E-state index in [1.807, 2.05) is 65.2 Å². The zero-order valence-corrected chi connectivity index (χ0v) is 24.2. The van der Waals surface area contributed by atoms with Crippen molar-refractivity contribution in [1.82, 2.24) is 14.8 Å². The quantitative estimate of drug-likeness (QED) is 0.103. The molecule has 1 aromatic heterocycles. The highest BCUT2D eigenvalue weighted by Gasteiger charge is 2.20. The molecule has 212 valence electrons. The number of hydrogen-bond donors (Lipinski definition) is 1. The van der Waals surface area contributed by atoms with Gasteiger partial charge in [-0.1, -0.05) is 62.0 Å². The van der Waals surface area contributed by atoms with Crippen LogP contribution in [0.1, 0.15) is 41.3 Å². The monoisotopic (exact) mass is 579 g/mol. The molecule has 10 heteroatoms. The molecule has 1 heterocycles. The van der Waals surface area contributed by atoms with Crippen LogP contribution in [-0.2, 0) is 5.75 Å². The summed E-state index contributed by atoms with van der Waals surface area (Å²) in [6, 6.07) is 29.1. The number of aromatic nitrogens is 3. The molecular weight excluding hydrogens is 550 g/mol. The number of rotatable bonds is 10. The maximum atomic E-state index is 12.8. The number of amides is 1. The van der Waals surface area contributed by atoms with E-state index >= 15 is 0 Å². The van der Waals surface area contributed by atoms with Crippen molar-refractivity contribution in [1.29, 1.82) is 0 Å². The van der Waals surface area contributed by atoms with Crippen LogP contribution in [0.15, 0.2) is 102 Å². The fourth-order valence-electron chi connectivity index (χ4n) is 4.37. The Morgan fingerprint density at radius 3 is 2.29 bits per heavy atom. The van der Waals surface area contributed by atoms with Crippen molar-refractivity contribution in [2.45, 2.75) is 30.7 Å². The summed E-state index contributed by atoms with van der Waals surface area (Å²) < 4.78 is 7.50. The molecule has 0 aliphatic heterocycles. The molecule has 0 atom stereocenters. The van der Waals surface area contributed by atoms with Crippen LogP contribution in [0.25, 0.3) is 17.1 Å². The first-order valence-electron chi connectivity index (χ1n) is 13.3. The molecule has 0 saturated carbocycles. The molecule has 0 spiro atoms. The van der Waals surface area contributed by atoms with Crippen LogP contribution in [0.4, 0.5) is 11.4 Å². The van der Waals surface area contributed by atoms with Crippen LogP contribution >= 0.6 is 11.8 Å². The number of thioether (sulfide) groups is 1. The lowest BCUT2D eigenvalue weighted by atomic mass is 10.0. The number of ether oxygens (including phenoxy) is 1. The summed E-state index contributed by atoms with van der Waals surface area (Å²) in [6.07, 6.45) is 0. The van der Waals surface area contributed by atoms with Crippen molar-refractivity contribution in [2.24, 2.45) is 0 Å². The van der Waals surface area contributed by atoms with E-state index in [0.29, 0.717) is 39.5 Å². The normalized spacial score (nSPS) is 11.0. The van der Waals surface area contributed by atoms with Gasteiger partial charge in [-0.25, -0.2) is 0 Å². The number of benzene rings is 4. The number of carbonyl (C=O) groups is 1. The van der Waals surface area contributed by atoms with Gasteiger partial charge < -0.3 is 10.1 Å². The van der Waals surface area contributed by atoms with Gasteiger partial charge in [0.05, 0.1) is 17.7 Å². The summed E-state index contributed by atoms with van der Waals surface area (Å²) in [7, 11) is 1.60. The fourth-order valence-corrected chi connectivity index (χ4v) is 5.27. The third-order valence-electron chi connectivity index (χ3n) is 6.72. The maximum Gasteiger partial charge on any atom is 0.269 e. The van der Waals surface area contributed by atoms with Crippen LogP contribution in [0.5, 0.6) is 5.75 Å². The summed E-state index contributed by atoms with van der Waals surface area (Å²) >= 11 is 1.48. The second-order valence-electron chi connectivity index (χ2n) is 9.83. The van der Waals surface area contributed by atoms with Crippen LogP contribution < -0.4 is 10.1 Å². The lowest BCUT2D eigenvalue weighted by Crippen LogP contribution is -2.11. The van der Waals surface area contributed by atoms with Crippen molar-refractivity contribution < 1.29 is 14.5 Å². The number of methoxy groups -OCH3 is 1. The third kappa shape index (κ3) is 6.34. The van der Waals surface area contributed by atoms with Gasteiger partial charge in [-0.3, -0.25) is 19.5 Å². The van der Waals surface area contributed by atoms with Crippen molar-refractivity contribution >= 4 is 29.0 Å². The molecule has 4 aromatic carbocycles. The molecule has 0 radical (unpaired) electrons. The number of nitro groups is 1. The minimum atomic E-state index is -0.436. The predicted molar refractivity (Wildman–Crippen MR) is 164 cm³/mol. The van der Waals surface area contributed by atoms with Crippen LogP contribution in [0.3, 0.4) is 0 Å². The Balaban J connectivity index is 1.35. The number of nitrogens with zero attached hydrogens (tertiary/aromatic N) is 4. The standard InChI is InChI=1S/C32H29N5O4S/c1-21(2)23-12-16-26(17-13-23)33-31(38)25-10-8-22(9-11-25)20-42-32-35-34-30(24-14-18-27(19-15-24)37(39)40)36(32)28-6-4-5-7-29(28)41-3/h4-19,21H,20H2,1-3H3,(H,33,38). The average Bonchev–Trinajstić information content (AvgIpc) is 3.44. The molecule has 5 rings (SSSR count). The molecule has 1 amide bonds. The number of nitro benzene ring substituents is 1. The first-order chi connectivity index (χ1) is 20.3. The zero-order chi connectivity index (χ0) is 29.6. The number of hydrogen-bond acceptors (Lipinski definition) is 7. The minimum absolute atomic E-state index is 0.00198. The molecule has 0 fully saturated rings. The third-order valence-corrected chi connectivity index (χ3v) is 7.72. The molecule has 0 unspecified atom stereocenters. The maximum absolute atomic E-state index is 12.8. The largest absolute Gasteiger partial charge is 0.495 e. The Morgan fingerprint density at radius 2 is 1.64 bits per heavy atom. The number of anilines is 1. The van der Waals surface area contributed by atoms with E-state index in [4.69, 9.17) is 4.74 Å². The van der Waals surface area contributed by atoms with Crippen molar-refractivity contribution in [2.75, 3.05) is 12.4 Å². The number of nitrogens with one attached hydrogen (secondary N) is 1. The second-order valence-corrected chi connectivity index (χ2v) is 10.8. The summed E-state index contributed by atoms with van der Waals surface area (Å²) in [4.78, 5) is 23.5. The Kier molecular flexibility index (Phi) is 8.63. The summed E-state index contributed by atoms with van der Waals surface area (Å²) in [5.41, 5.74) is 4.96. The molecule has 9 nitrogen and oxygen atoms in total. The Bertz CT molecular complexity index is 1700. The molecule has 0 aliphatic rings. The summed E-state index contributed by atoms with van der Waals surface area (Å²) in [5.74, 6) is 2.00. The highest BCUT2D eigenvalue weighted by Crippen LogP contribution is 2.34. The lowest BCUT2D eigenvalue weighted by Gasteiger charge is -2.14. The second kappa shape index (κ2) is 12.7. The molecular formula is C32H29N5O4S. The highest BCUT2D eigenvalue weighted by atomic mass is 32.2. The van der Waals surface area contributed by atoms with E-state index in [9.17, 15) is 14.9 Å². The minimum Gasteiger partial charge on any atom is -0.495 e. The van der Waals surface area contributed by atoms with E-state index in [-0.39, 0.29) is 11.6 Å². The molecule has 5 aromatic rings. The molecule has 42 heavy (non-hydrogen) atoms. The van der Waals surface area contributed by atoms with E-state index in [1.165, 1.54) is 29.5 Å². The smallest absolute Gasteiger partial charge is 0.269 e. The van der Waals surface area contributed by atoms with E-state index in [1.54, 1.807) is 31.4 Å². The topological polar surface area (TPSA) is 112 Å². The highest BCUT2D eigenvalue weighted by molar-refractivity contribution is 7.98. The molecule has 0 aliphatic carbocycles. The van der Waals surface area contributed by atoms with Crippen molar-refractivity contribution in [3.63, 3.8) is 0 Å². The van der Waals surface area contributed by atoms with Gasteiger partial charge in [-0.2, -0.15) is 0 Å². The molecule has 1 N–H and O–H groups in total. The number of para-hydroxylation sites is 2. The fraction of sp³-hybridized carbons (Fsp3) is 0.156. The van der Waals surface area contributed by atoms with Gasteiger partial charge in [0.15, 0.2) is 11.0 Å². The van der Waals surface area contributed by atoms with Gasteiger partial charge in [0.25, 0.3) is 11.6 Å². The van der Waals surface area contributed by atoms with Gasteiger partial charge in [-0.05, 0) is 65.6 Å². The number of non-ortho nitro benzene ring substituents is 1. The lowest BCUT2D eigenvalue weighted by molar-refractivity contribution is -0.384. The Morgan fingerprint density at radius 1 is 0.952 bits per heavy atom. The van der Waals surface area contributed by atoms with Crippen LogP contribution in [0.2, 0.25) is 0 Å². The van der Waals surface area contributed by atoms with Crippen molar-refractivity contribution in [3.05, 3.63) is 124 Å². The predicted octanol–water partition coefficient (Wildman–Crippen LogP) is 7.52. The average molecular weight is 580 g/mol.